The molecule has 1 aromatic carbocycles. The number of ether oxygens (including phenoxy) is 2. The highest BCUT2D eigenvalue weighted by molar-refractivity contribution is 6.02. The second-order valence-corrected chi connectivity index (χ2v) is 7.32. The molecular formula is C24H26FN3O5. The van der Waals surface area contributed by atoms with Gasteiger partial charge in [-0.2, -0.15) is 0 Å². The Hall–Kier alpha value is -3.56. The number of carbonyl (C=O) groups is 1. The van der Waals surface area contributed by atoms with E-state index in [1.807, 2.05) is 0 Å². The Morgan fingerprint density at radius 2 is 1.85 bits per heavy atom. The smallest absolute Gasteiger partial charge is 0.269 e. The van der Waals surface area contributed by atoms with Crippen LogP contribution in [0.3, 0.4) is 0 Å². The number of benzene rings is 1. The number of aromatic hydroxyl groups is 1. The van der Waals surface area contributed by atoms with E-state index in [0.717, 1.165) is 0 Å². The molecule has 8 nitrogen and oxygen atoms in total. The zero-order chi connectivity index (χ0) is 24.1. The molecule has 0 bridgehead atoms. The van der Waals surface area contributed by atoms with Gasteiger partial charge in [-0.3, -0.25) is 14.2 Å². The topological polar surface area (TPSA) is 103 Å². The van der Waals surface area contributed by atoms with Crippen LogP contribution in [0.4, 0.5) is 4.39 Å². The lowest BCUT2D eigenvalue weighted by Crippen LogP contribution is -2.36. The molecule has 0 radical (unpaired) electrons. The molecule has 33 heavy (non-hydrogen) atoms. The van der Waals surface area contributed by atoms with Gasteiger partial charge in [-0.1, -0.05) is 18.7 Å². The van der Waals surface area contributed by atoms with Crippen LogP contribution in [0.1, 0.15) is 31.1 Å². The van der Waals surface area contributed by atoms with Gasteiger partial charge in [0, 0.05) is 30.7 Å². The highest BCUT2D eigenvalue weighted by atomic mass is 19.1. The molecule has 3 aromatic rings. The van der Waals surface area contributed by atoms with Crippen molar-refractivity contribution in [2.75, 3.05) is 13.2 Å². The SMILES string of the molecule is C=C(C)NC(=O)c1c(O)c2cc(-c3ccc(F)cc3)cnc2n(CC(OCC)OCC)c1=O. The van der Waals surface area contributed by atoms with Gasteiger partial charge in [0.15, 0.2) is 6.29 Å². The van der Waals surface area contributed by atoms with E-state index < -0.39 is 29.1 Å². The van der Waals surface area contributed by atoms with Crippen LogP contribution in [-0.2, 0) is 16.0 Å². The van der Waals surface area contributed by atoms with Gasteiger partial charge in [0.2, 0.25) is 0 Å². The molecule has 9 heteroatoms. The lowest BCUT2D eigenvalue weighted by atomic mass is 10.0. The van der Waals surface area contributed by atoms with Crippen molar-refractivity contribution in [3.63, 3.8) is 0 Å². The van der Waals surface area contributed by atoms with Crippen molar-refractivity contribution in [1.82, 2.24) is 14.9 Å². The quantitative estimate of drug-likeness (QED) is 0.478. The van der Waals surface area contributed by atoms with Crippen LogP contribution in [0.5, 0.6) is 5.75 Å². The molecule has 0 unspecified atom stereocenters. The molecule has 0 saturated heterocycles. The lowest BCUT2D eigenvalue weighted by molar-refractivity contribution is -0.143. The summed E-state index contributed by atoms with van der Waals surface area (Å²) in [7, 11) is 0. The monoisotopic (exact) mass is 455 g/mol. The van der Waals surface area contributed by atoms with Crippen molar-refractivity contribution >= 4 is 16.9 Å². The van der Waals surface area contributed by atoms with Crippen molar-refractivity contribution in [2.45, 2.75) is 33.6 Å². The van der Waals surface area contributed by atoms with E-state index in [1.165, 1.54) is 22.9 Å². The highest BCUT2D eigenvalue weighted by Gasteiger charge is 2.25. The summed E-state index contributed by atoms with van der Waals surface area (Å²) in [6.07, 6.45) is 0.746. The number of aromatic nitrogens is 2. The summed E-state index contributed by atoms with van der Waals surface area (Å²) in [6.45, 7) is 9.41. The number of hydrogen-bond acceptors (Lipinski definition) is 6. The summed E-state index contributed by atoms with van der Waals surface area (Å²) in [5.41, 5.74) is 0.489. The number of nitrogens with zero attached hydrogens (tertiary/aromatic N) is 2. The second-order valence-electron chi connectivity index (χ2n) is 7.32. The Labute approximate surface area is 190 Å². The van der Waals surface area contributed by atoms with Gasteiger partial charge >= 0.3 is 0 Å². The maximum atomic E-state index is 13.3. The Morgan fingerprint density at radius 3 is 2.42 bits per heavy atom. The van der Waals surface area contributed by atoms with Crippen LogP contribution in [0.25, 0.3) is 22.2 Å². The summed E-state index contributed by atoms with van der Waals surface area (Å²) in [6, 6.07) is 7.34. The molecule has 174 valence electrons. The van der Waals surface area contributed by atoms with Gasteiger partial charge in [0.1, 0.15) is 22.8 Å². The standard InChI is InChI=1S/C24H26FN3O5/c1-5-32-19(33-6-2)13-28-22-18(21(29)20(24(28)31)23(30)27-14(3)4)11-16(12-26-22)15-7-9-17(25)10-8-15/h7-12,19,29H,3,5-6,13H2,1-2,4H3,(H,27,30). The molecule has 2 N–H and O–H groups in total. The predicted molar refractivity (Wildman–Crippen MR) is 122 cm³/mol. The summed E-state index contributed by atoms with van der Waals surface area (Å²) in [5, 5.41) is 13.6. The average Bonchev–Trinajstić information content (AvgIpc) is 2.76. The van der Waals surface area contributed by atoms with Crippen LogP contribution in [-0.4, -0.2) is 40.1 Å². The highest BCUT2D eigenvalue weighted by Crippen LogP contribution is 2.30. The molecule has 2 aromatic heterocycles. The van der Waals surface area contributed by atoms with E-state index in [-0.39, 0.29) is 23.4 Å². The Bertz CT molecular complexity index is 1230. The van der Waals surface area contributed by atoms with Crippen LogP contribution >= 0.6 is 0 Å². The van der Waals surface area contributed by atoms with E-state index >= 15 is 0 Å². The first-order valence-electron chi connectivity index (χ1n) is 10.5. The molecule has 1 amide bonds. The predicted octanol–water partition coefficient (Wildman–Crippen LogP) is 3.57. The molecule has 3 rings (SSSR count). The van der Waals surface area contributed by atoms with Crippen LogP contribution in [0, 0.1) is 5.82 Å². The third kappa shape index (κ3) is 5.27. The maximum absolute atomic E-state index is 13.3. The minimum atomic E-state index is -0.794. The Morgan fingerprint density at radius 1 is 1.21 bits per heavy atom. The first kappa shape index (κ1) is 24.1. The molecule has 0 aliphatic carbocycles. The van der Waals surface area contributed by atoms with Crippen molar-refractivity contribution in [2.24, 2.45) is 0 Å². The van der Waals surface area contributed by atoms with E-state index in [2.05, 4.69) is 16.9 Å². The number of nitrogens with one attached hydrogen (secondary N) is 1. The second kappa shape index (κ2) is 10.4. The zero-order valence-electron chi connectivity index (χ0n) is 18.7. The number of carbonyl (C=O) groups excluding carboxylic acids is 1. The van der Waals surface area contributed by atoms with E-state index in [1.54, 1.807) is 39.0 Å². The minimum absolute atomic E-state index is 0.0481. The first-order valence-corrected chi connectivity index (χ1v) is 10.5. The summed E-state index contributed by atoms with van der Waals surface area (Å²) < 4.78 is 25.7. The number of hydrogen-bond donors (Lipinski definition) is 2. The molecular weight excluding hydrogens is 429 g/mol. The van der Waals surface area contributed by atoms with Crippen molar-refractivity contribution in [3.8, 4) is 16.9 Å². The van der Waals surface area contributed by atoms with Gasteiger partial charge in [-0.05, 0) is 44.5 Å². The van der Waals surface area contributed by atoms with Gasteiger partial charge < -0.3 is 19.9 Å². The van der Waals surface area contributed by atoms with E-state index in [4.69, 9.17) is 9.47 Å². The fraction of sp³-hybridized carbons (Fsp3) is 0.292. The van der Waals surface area contributed by atoms with Crippen LogP contribution in [0.15, 0.2) is 53.6 Å². The third-order valence-electron chi connectivity index (χ3n) is 4.84. The molecule has 0 spiro atoms. The average molecular weight is 455 g/mol. The molecule has 0 aliphatic rings. The van der Waals surface area contributed by atoms with E-state index in [9.17, 15) is 19.1 Å². The molecule has 0 fully saturated rings. The largest absolute Gasteiger partial charge is 0.506 e. The minimum Gasteiger partial charge on any atom is -0.506 e. The number of rotatable bonds is 9. The Kier molecular flexibility index (Phi) is 7.57. The fourth-order valence-electron chi connectivity index (χ4n) is 3.42. The van der Waals surface area contributed by atoms with Gasteiger partial charge in [-0.25, -0.2) is 9.37 Å². The third-order valence-corrected chi connectivity index (χ3v) is 4.84. The number of pyridine rings is 2. The molecule has 0 atom stereocenters. The number of allylic oxidation sites excluding steroid dienone is 1. The van der Waals surface area contributed by atoms with Crippen LogP contribution in [0.2, 0.25) is 0 Å². The zero-order valence-corrected chi connectivity index (χ0v) is 18.7. The van der Waals surface area contributed by atoms with Gasteiger partial charge in [0.25, 0.3) is 11.5 Å². The van der Waals surface area contributed by atoms with Crippen molar-refractivity contribution in [1.29, 1.82) is 0 Å². The van der Waals surface area contributed by atoms with Crippen molar-refractivity contribution in [3.05, 3.63) is 70.5 Å². The van der Waals surface area contributed by atoms with Gasteiger partial charge in [-0.15, -0.1) is 0 Å². The summed E-state index contributed by atoms with van der Waals surface area (Å²) in [5.74, 6) is -1.69. The van der Waals surface area contributed by atoms with E-state index in [0.29, 0.717) is 30.0 Å². The molecule has 0 saturated carbocycles. The number of amides is 1. The summed E-state index contributed by atoms with van der Waals surface area (Å²) in [4.78, 5) is 30.4. The fourth-order valence-corrected chi connectivity index (χ4v) is 3.42. The number of halogens is 1. The van der Waals surface area contributed by atoms with Crippen LogP contribution < -0.4 is 10.9 Å². The molecule has 0 aliphatic heterocycles. The lowest BCUT2D eigenvalue weighted by Gasteiger charge is -2.20. The first-order chi connectivity index (χ1) is 15.8. The number of fused-ring (bicyclic) bond motifs is 1. The summed E-state index contributed by atoms with van der Waals surface area (Å²) >= 11 is 0. The van der Waals surface area contributed by atoms with Gasteiger partial charge in [0.05, 0.1) is 11.9 Å². The Balaban J connectivity index is 2.25. The maximum Gasteiger partial charge on any atom is 0.269 e. The normalized spacial score (nSPS) is 11.2. The van der Waals surface area contributed by atoms with Crippen molar-refractivity contribution < 1.29 is 23.8 Å². The molecule has 2 heterocycles.